The molecule has 6 heteroatoms. The minimum absolute atomic E-state index is 0.00338. The van der Waals surface area contributed by atoms with Crippen LogP contribution in [-0.4, -0.2) is 47.4 Å². The highest BCUT2D eigenvalue weighted by atomic mass is 16.5. The summed E-state index contributed by atoms with van der Waals surface area (Å²) in [4.78, 5) is 24.6. The second-order valence-electron chi connectivity index (χ2n) is 23.9. The number of unbranched alkanes of at least 4 members (excludes halogenated alkanes) is 46. The Morgan fingerprint density at radius 1 is 0.354 bits per heavy atom. The quantitative estimate of drug-likeness (QED) is 0.0320. The van der Waals surface area contributed by atoms with Gasteiger partial charge in [0.2, 0.25) is 5.91 Å². The van der Waals surface area contributed by atoms with Gasteiger partial charge in [-0.2, -0.15) is 0 Å². The van der Waals surface area contributed by atoms with E-state index >= 15 is 0 Å². The van der Waals surface area contributed by atoms with Crippen molar-refractivity contribution < 1.29 is 24.5 Å². The number of esters is 1. The van der Waals surface area contributed by atoms with Crippen molar-refractivity contribution in [3.8, 4) is 0 Å². The lowest BCUT2D eigenvalue weighted by molar-refractivity contribution is -0.143. The van der Waals surface area contributed by atoms with Crippen molar-refractivity contribution in [1.29, 1.82) is 0 Å². The molecule has 2 atom stereocenters. The van der Waals surface area contributed by atoms with E-state index < -0.39 is 12.1 Å². The Bertz CT molecular complexity index is 1370. The summed E-state index contributed by atoms with van der Waals surface area (Å²) in [5.74, 6) is -0.0725. The van der Waals surface area contributed by atoms with Gasteiger partial charge in [0, 0.05) is 12.8 Å². The average molecular weight is 1110 g/mol. The lowest BCUT2D eigenvalue weighted by Gasteiger charge is -2.20. The van der Waals surface area contributed by atoms with Crippen molar-refractivity contribution in [1.82, 2.24) is 5.32 Å². The molecule has 0 aliphatic heterocycles. The highest BCUT2D eigenvalue weighted by Crippen LogP contribution is 2.17. The predicted octanol–water partition coefficient (Wildman–Crippen LogP) is 22.6. The highest BCUT2D eigenvalue weighted by Gasteiger charge is 2.18. The maximum Gasteiger partial charge on any atom is 0.305 e. The van der Waals surface area contributed by atoms with E-state index in [0.717, 1.165) is 57.8 Å². The van der Waals surface area contributed by atoms with Gasteiger partial charge >= 0.3 is 5.97 Å². The van der Waals surface area contributed by atoms with Gasteiger partial charge in [-0.1, -0.05) is 319 Å². The molecule has 0 bridgehead atoms. The number of hydrogen-bond acceptors (Lipinski definition) is 5. The summed E-state index contributed by atoms with van der Waals surface area (Å²) in [6.07, 6.45) is 90.0. The molecule has 3 N–H and O–H groups in total. The topological polar surface area (TPSA) is 95.9 Å². The standard InChI is InChI=1S/C73H135NO5/c1-3-5-7-9-11-13-15-17-19-21-31-34-37-41-45-49-53-57-61-65-71(76)70(69-75)74-72(77)66-62-58-54-50-46-42-38-35-32-29-27-25-23-22-24-26-28-30-33-36-40-44-48-52-56-60-64-68-79-73(78)67-63-59-55-51-47-43-39-20-18-16-14-12-10-8-6-4-2/h14,16,20,22-23,26,28,39,61,65,70-71,75-76H,3-13,15,17-19,21,24-25,27,29-38,40-60,62-64,66-69H2,1-2H3,(H,74,77)/b16-14-,23-22-,28-26-,39-20-,65-61+. The summed E-state index contributed by atoms with van der Waals surface area (Å²) >= 11 is 0. The van der Waals surface area contributed by atoms with E-state index in [0.29, 0.717) is 19.4 Å². The van der Waals surface area contributed by atoms with Crippen molar-refractivity contribution in [2.24, 2.45) is 0 Å². The number of hydrogen-bond donors (Lipinski definition) is 3. The van der Waals surface area contributed by atoms with E-state index in [1.54, 1.807) is 6.08 Å². The number of aliphatic hydroxyl groups excluding tert-OH is 2. The molecule has 1 amide bonds. The fourth-order valence-corrected chi connectivity index (χ4v) is 10.6. The first-order chi connectivity index (χ1) is 39.0. The summed E-state index contributed by atoms with van der Waals surface area (Å²) < 4.78 is 5.48. The van der Waals surface area contributed by atoms with E-state index in [1.807, 2.05) is 6.08 Å². The molecule has 2 unspecified atom stereocenters. The lowest BCUT2D eigenvalue weighted by atomic mass is 10.0. The zero-order valence-corrected chi connectivity index (χ0v) is 52.9. The molecule has 79 heavy (non-hydrogen) atoms. The maximum absolute atomic E-state index is 12.5. The number of aliphatic hydroxyl groups is 2. The molecule has 0 saturated heterocycles. The third kappa shape index (κ3) is 64.6. The van der Waals surface area contributed by atoms with Gasteiger partial charge in [0.15, 0.2) is 0 Å². The Labute approximate surface area is 492 Å². The summed E-state index contributed by atoms with van der Waals surface area (Å²) in [6, 6.07) is -0.632. The van der Waals surface area contributed by atoms with Crippen molar-refractivity contribution >= 4 is 11.9 Å². The molecule has 0 aromatic heterocycles. The van der Waals surface area contributed by atoms with Crippen molar-refractivity contribution in [2.45, 2.75) is 379 Å². The largest absolute Gasteiger partial charge is 0.466 e. The van der Waals surface area contributed by atoms with Crippen LogP contribution in [0.25, 0.3) is 0 Å². The summed E-state index contributed by atoms with van der Waals surface area (Å²) in [7, 11) is 0. The number of carbonyl (C=O) groups excluding carboxylic acids is 2. The Morgan fingerprint density at radius 3 is 0.975 bits per heavy atom. The monoisotopic (exact) mass is 1110 g/mol. The molecular formula is C73H135NO5. The van der Waals surface area contributed by atoms with Crippen LogP contribution in [0, 0.1) is 0 Å². The molecule has 0 spiro atoms. The fraction of sp³-hybridized carbons (Fsp3) is 0.836. The number of carbonyl (C=O) groups is 2. The number of nitrogens with one attached hydrogen (secondary N) is 1. The second kappa shape index (κ2) is 68.1. The van der Waals surface area contributed by atoms with Crippen LogP contribution in [0.5, 0.6) is 0 Å². The van der Waals surface area contributed by atoms with Gasteiger partial charge in [0.25, 0.3) is 0 Å². The third-order valence-corrected chi connectivity index (χ3v) is 16.0. The minimum Gasteiger partial charge on any atom is -0.466 e. The molecule has 6 nitrogen and oxygen atoms in total. The summed E-state index contributed by atoms with van der Waals surface area (Å²) in [5, 5.41) is 23.2. The molecule has 0 aromatic rings. The molecule has 0 aromatic carbocycles. The molecule has 0 fully saturated rings. The van der Waals surface area contributed by atoms with Gasteiger partial charge < -0.3 is 20.3 Å². The lowest BCUT2D eigenvalue weighted by Crippen LogP contribution is -2.45. The smallest absolute Gasteiger partial charge is 0.305 e. The molecule has 0 aliphatic carbocycles. The average Bonchev–Trinajstić information content (AvgIpc) is 3.45. The van der Waals surface area contributed by atoms with E-state index in [4.69, 9.17) is 4.74 Å². The third-order valence-electron chi connectivity index (χ3n) is 16.0. The van der Waals surface area contributed by atoms with Crippen LogP contribution in [-0.2, 0) is 14.3 Å². The Balaban J connectivity index is 3.45. The van der Waals surface area contributed by atoms with Gasteiger partial charge in [-0.3, -0.25) is 9.59 Å². The predicted molar refractivity (Wildman–Crippen MR) is 347 cm³/mol. The normalized spacial score (nSPS) is 12.9. The van der Waals surface area contributed by atoms with Crippen LogP contribution in [0.2, 0.25) is 0 Å². The molecule has 0 radical (unpaired) electrons. The molecule has 0 rings (SSSR count). The van der Waals surface area contributed by atoms with Gasteiger partial charge in [-0.25, -0.2) is 0 Å². The Hall–Kier alpha value is -2.44. The number of rotatable bonds is 65. The first-order valence-electron chi connectivity index (χ1n) is 35.1. The number of ether oxygens (including phenoxy) is 1. The molecule has 462 valence electrons. The summed E-state index contributed by atoms with van der Waals surface area (Å²) in [5.41, 5.74) is 0. The van der Waals surface area contributed by atoms with E-state index in [9.17, 15) is 19.8 Å². The first kappa shape index (κ1) is 76.6. The zero-order chi connectivity index (χ0) is 57.1. The second-order valence-corrected chi connectivity index (χ2v) is 23.9. The maximum atomic E-state index is 12.5. The first-order valence-corrected chi connectivity index (χ1v) is 35.1. The van der Waals surface area contributed by atoms with Crippen molar-refractivity contribution in [3.63, 3.8) is 0 Å². The van der Waals surface area contributed by atoms with Crippen LogP contribution in [0.3, 0.4) is 0 Å². The Kier molecular flexibility index (Phi) is 66.0. The molecule has 0 heterocycles. The van der Waals surface area contributed by atoms with Crippen LogP contribution in [0.4, 0.5) is 0 Å². The molecular weight excluding hydrogens is 971 g/mol. The van der Waals surface area contributed by atoms with Crippen LogP contribution < -0.4 is 5.32 Å². The van der Waals surface area contributed by atoms with Crippen LogP contribution in [0.1, 0.15) is 367 Å². The van der Waals surface area contributed by atoms with E-state index in [1.165, 1.54) is 283 Å². The van der Waals surface area contributed by atoms with Gasteiger partial charge in [-0.05, 0) is 96.3 Å². The van der Waals surface area contributed by atoms with E-state index in [-0.39, 0.29) is 18.5 Å². The van der Waals surface area contributed by atoms with Crippen molar-refractivity contribution in [2.75, 3.05) is 13.2 Å². The highest BCUT2D eigenvalue weighted by molar-refractivity contribution is 5.76. The minimum atomic E-state index is -0.849. The SMILES string of the molecule is CCCCCC/C=C\C/C=C\CCCCCCCC(=O)OCCCCCCCCCCC/C=C\C/C=C\CCCCCCCCCCCCCC(=O)NC(CO)C(O)/C=C/CCCCCCCCCCCCCCCCCCC. The number of allylic oxidation sites excluding steroid dienone is 9. The van der Waals surface area contributed by atoms with E-state index in [2.05, 4.69) is 67.8 Å². The van der Waals surface area contributed by atoms with Gasteiger partial charge in [0.1, 0.15) is 0 Å². The van der Waals surface area contributed by atoms with Crippen LogP contribution in [0.15, 0.2) is 60.8 Å². The zero-order valence-electron chi connectivity index (χ0n) is 52.9. The molecule has 0 aliphatic rings. The van der Waals surface area contributed by atoms with Gasteiger partial charge in [0.05, 0.1) is 25.4 Å². The number of amides is 1. The van der Waals surface area contributed by atoms with Crippen LogP contribution >= 0.6 is 0 Å². The molecule has 0 saturated carbocycles. The van der Waals surface area contributed by atoms with Gasteiger partial charge in [-0.15, -0.1) is 0 Å². The fourth-order valence-electron chi connectivity index (χ4n) is 10.6. The Morgan fingerprint density at radius 2 is 0.633 bits per heavy atom. The van der Waals surface area contributed by atoms with Crippen molar-refractivity contribution in [3.05, 3.63) is 60.8 Å². The summed E-state index contributed by atoms with van der Waals surface area (Å²) in [6.45, 7) is 4.90.